The van der Waals surface area contributed by atoms with Gasteiger partial charge in [-0.15, -0.1) is 0 Å². The molecule has 1 rings (SSSR count). The van der Waals surface area contributed by atoms with E-state index in [0.717, 1.165) is 5.75 Å². The summed E-state index contributed by atoms with van der Waals surface area (Å²) in [6.45, 7) is 1.56. The average molecular weight is 151 g/mol. The van der Waals surface area contributed by atoms with E-state index in [1.165, 1.54) is 0 Å². The van der Waals surface area contributed by atoms with Crippen LogP contribution in [0.3, 0.4) is 0 Å². The summed E-state index contributed by atoms with van der Waals surface area (Å²) < 4.78 is 5.25. The van der Waals surface area contributed by atoms with Gasteiger partial charge in [0.05, 0.1) is 0 Å². The minimum Gasteiger partial charge on any atom is -0.488 e. The summed E-state index contributed by atoms with van der Waals surface area (Å²) >= 11 is 0. The smallest absolute Gasteiger partial charge is 0.122 e. The van der Waals surface area contributed by atoms with E-state index in [-0.39, 0.29) is 12.7 Å². The molecule has 0 N–H and O–H groups in total. The van der Waals surface area contributed by atoms with Gasteiger partial charge in [0.2, 0.25) is 0 Å². The first-order valence-corrected chi connectivity index (χ1v) is 3.62. The van der Waals surface area contributed by atoms with Crippen molar-refractivity contribution in [1.29, 1.82) is 0 Å². The third-order valence-electron chi connectivity index (χ3n) is 1.32. The Morgan fingerprint density at radius 3 is 2.55 bits per heavy atom. The molecule has 0 saturated carbocycles. The molecule has 0 heterocycles. The van der Waals surface area contributed by atoms with Crippen LogP contribution in [0.5, 0.6) is 5.75 Å². The van der Waals surface area contributed by atoms with E-state index in [1.54, 1.807) is 6.92 Å². The van der Waals surface area contributed by atoms with E-state index in [4.69, 9.17) is 4.74 Å². The van der Waals surface area contributed by atoms with Crippen molar-refractivity contribution < 1.29 is 9.84 Å². The first-order valence-electron chi connectivity index (χ1n) is 3.62. The van der Waals surface area contributed by atoms with Gasteiger partial charge >= 0.3 is 0 Å². The molecule has 0 aromatic heterocycles. The maximum absolute atomic E-state index is 10.3. The first kappa shape index (κ1) is 8.08. The van der Waals surface area contributed by atoms with Gasteiger partial charge in [0.15, 0.2) is 0 Å². The summed E-state index contributed by atoms with van der Waals surface area (Å²) in [5, 5.41) is 10.3. The molecule has 1 atom stereocenters. The minimum absolute atomic E-state index is 0.200. The van der Waals surface area contributed by atoms with Crippen LogP contribution in [0.4, 0.5) is 0 Å². The van der Waals surface area contributed by atoms with Crippen LogP contribution in [-0.4, -0.2) is 12.7 Å². The Kier molecular flexibility index (Phi) is 2.93. The quantitative estimate of drug-likeness (QED) is 0.648. The molecule has 0 bridgehead atoms. The summed E-state index contributed by atoms with van der Waals surface area (Å²) in [5.41, 5.74) is 0. The fourth-order valence-electron chi connectivity index (χ4n) is 0.765. The fourth-order valence-corrected chi connectivity index (χ4v) is 0.765. The topological polar surface area (TPSA) is 29.1 Å². The molecule has 0 fully saturated rings. The van der Waals surface area contributed by atoms with Gasteiger partial charge in [-0.3, -0.25) is 0 Å². The molecule has 0 aliphatic carbocycles. The second-order valence-electron chi connectivity index (χ2n) is 2.41. The number of hydrogen-bond donors (Lipinski definition) is 0. The Bertz CT molecular complexity index is 196. The number of hydrogen-bond acceptors (Lipinski definition) is 1. The molecule has 0 spiro atoms. The van der Waals surface area contributed by atoms with Gasteiger partial charge in [0.1, 0.15) is 18.5 Å². The van der Waals surface area contributed by atoms with Crippen molar-refractivity contribution in [2.24, 2.45) is 0 Å². The highest BCUT2D eigenvalue weighted by Crippen LogP contribution is 2.09. The second kappa shape index (κ2) is 3.98. The molecule has 0 aliphatic heterocycles. The van der Waals surface area contributed by atoms with Crippen molar-refractivity contribution in [3.05, 3.63) is 30.3 Å². The lowest BCUT2D eigenvalue weighted by Crippen LogP contribution is -2.15. The summed E-state index contributed by atoms with van der Waals surface area (Å²) in [5.74, 6) is 0.760. The van der Waals surface area contributed by atoms with Crippen LogP contribution in [-0.2, 0) is 5.11 Å². The average Bonchev–Trinajstić information content (AvgIpc) is 2.06. The highest BCUT2D eigenvalue weighted by molar-refractivity contribution is 5.21. The predicted molar refractivity (Wildman–Crippen MR) is 42.1 cm³/mol. The zero-order chi connectivity index (χ0) is 8.10. The third-order valence-corrected chi connectivity index (χ3v) is 1.32. The van der Waals surface area contributed by atoms with Crippen LogP contribution in [0.2, 0.25) is 0 Å². The molecule has 1 radical (unpaired) electrons. The van der Waals surface area contributed by atoms with Gasteiger partial charge in [-0.25, -0.2) is 5.11 Å². The molecule has 2 nitrogen and oxygen atoms in total. The zero-order valence-corrected chi connectivity index (χ0v) is 6.49. The number of benzene rings is 1. The van der Waals surface area contributed by atoms with Gasteiger partial charge < -0.3 is 4.74 Å². The molecule has 59 valence electrons. The summed E-state index contributed by atoms with van der Waals surface area (Å²) in [6.07, 6.45) is -0.239. The molecule has 2 heteroatoms. The van der Waals surface area contributed by atoms with Crippen molar-refractivity contribution in [1.82, 2.24) is 0 Å². The van der Waals surface area contributed by atoms with Crippen molar-refractivity contribution in [3.63, 3.8) is 0 Å². The standard InChI is InChI=1S/C9H11O2/c1-8(7-10)11-9-5-3-2-4-6-9/h2-6,8H,7H2,1H3. The van der Waals surface area contributed by atoms with Crippen molar-refractivity contribution in [3.8, 4) is 5.75 Å². The van der Waals surface area contributed by atoms with Crippen LogP contribution >= 0.6 is 0 Å². The van der Waals surface area contributed by atoms with E-state index in [2.05, 4.69) is 0 Å². The van der Waals surface area contributed by atoms with Crippen LogP contribution < -0.4 is 4.74 Å². The fraction of sp³-hybridized carbons (Fsp3) is 0.333. The maximum Gasteiger partial charge on any atom is 0.122 e. The van der Waals surface area contributed by atoms with Crippen molar-refractivity contribution in [2.75, 3.05) is 6.61 Å². The molecule has 1 unspecified atom stereocenters. The molecule has 1 aromatic rings. The lowest BCUT2D eigenvalue weighted by Gasteiger charge is -2.09. The summed E-state index contributed by atoms with van der Waals surface area (Å²) in [6, 6.07) is 9.35. The van der Waals surface area contributed by atoms with Crippen LogP contribution in [0.15, 0.2) is 30.3 Å². The molecular formula is C9H11O2. The highest BCUT2D eigenvalue weighted by Gasteiger charge is 2.00. The number of para-hydroxylation sites is 1. The second-order valence-corrected chi connectivity index (χ2v) is 2.41. The van der Waals surface area contributed by atoms with Crippen LogP contribution in [0.25, 0.3) is 0 Å². The molecule has 0 saturated heterocycles. The predicted octanol–water partition coefficient (Wildman–Crippen LogP) is 1.88. The third kappa shape index (κ3) is 2.60. The van der Waals surface area contributed by atoms with E-state index in [1.807, 2.05) is 30.3 Å². The summed E-state index contributed by atoms with van der Waals surface area (Å²) in [7, 11) is 0. The highest BCUT2D eigenvalue weighted by atomic mass is 16.5. The molecule has 11 heavy (non-hydrogen) atoms. The Morgan fingerprint density at radius 2 is 2.00 bits per heavy atom. The Morgan fingerprint density at radius 1 is 1.36 bits per heavy atom. The molecular weight excluding hydrogens is 140 g/mol. The minimum atomic E-state index is -0.239. The lowest BCUT2D eigenvalue weighted by atomic mass is 10.3. The van der Waals surface area contributed by atoms with Gasteiger partial charge in [-0.1, -0.05) is 18.2 Å². The van der Waals surface area contributed by atoms with Crippen LogP contribution in [0, 0.1) is 0 Å². The van der Waals surface area contributed by atoms with Crippen molar-refractivity contribution >= 4 is 0 Å². The van der Waals surface area contributed by atoms with Gasteiger partial charge in [0, 0.05) is 0 Å². The van der Waals surface area contributed by atoms with E-state index >= 15 is 0 Å². The maximum atomic E-state index is 10.3. The SMILES string of the molecule is CC(C[O])Oc1ccccc1. The molecule has 1 aromatic carbocycles. The van der Waals surface area contributed by atoms with E-state index < -0.39 is 0 Å². The monoisotopic (exact) mass is 151 g/mol. The van der Waals surface area contributed by atoms with E-state index in [0.29, 0.717) is 0 Å². The van der Waals surface area contributed by atoms with Gasteiger partial charge in [0.25, 0.3) is 0 Å². The Labute approximate surface area is 66.4 Å². The normalized spacial score (nSPS) is 12.5. The Balaban J connectivity index is 2.51. The number of rotatable bonds is 3. The zero-order valence-electron chi connectivity index (χ0n) is 6.49. The van der Waals surface area contributed by atoms with Gasteiger partial charge in [-0.05, 0) is 19.1 Å². The molecule has 0 amide bonds. The molecule has 0 aliphatic rings. The van der Waals surface area contributed by atoms with Gasteiger partial charge in [-0.2, -0.15) is 0 Å². The summed E-state index contributed by atoms with van der Waals surface area (Å²) in [4.78, 5) is 0. The largest absolute Gasteiger partial charge is 0.488 e. The van der Waals surface area contributed by atoms with Crippen molar-refractivity contribution in [2.45, 2.75) is 13.0 Å². The number of ether oxygens (including phenoxy) is 1. The Hall–Kier alpha value is -1.02. The first-order chi connectivity index (χ1) is 5.33. The van der Waals surface area contributed by atoms with Crippen LogP contribution in [0.1, 0.15) is 6.92 Å². The lowest BCUT2D eigenvalue weighted by molar-refractivity contribution is 0.0828. The van der Waals surface area contributed by atoms with E-state index in [9.17, 15) is 5.11 Å².